The van der Waals surface area contributed by atoms with Crippen LogP contribution in [-0.2, 0) is 5.72 Å². The molecule has 0 bridgehead atoms. The molecule has 2 atom stereocenters. The normalized spacial score (nSPS) is 23.6. The SMILES string of the molecule is [O-][NH+]1c2ccccc2/C(=C2\C(c3ccccc3)=Nc3ccccc32)C1(O)c1ccccc1. The first-order valence-corrected chi connectivity index (χ1v) is 10.6. The zero-order valence-electron chi connectivity index (χ0n) is 17.2. The summed E-state index contributed by atoms with van der Waals surface area (Å²) in [4.78, 5) is 4.94. The van der Waals surface area contributed by atoms with Crippen molar-refractivity contribution in [2.45, 2.75) is 5.72 Å². The van der Waals surface area contributed by atoms with Gasteiger partial charge in [0.15, 0.2) is 0 Å². The number of benzene rings is 4. The van der Waals surface area contributed by atoms with Crippen LogP contribution < -0.4 is 5.06 Å². The van der Waals surface area contributed by atoms with E-state index in [0.717, 1.165) is 33.7 Å². The molecule has 2 aliphatic heterocycles. The van der Waals surface area contributed by atoms with Crippen LogP contribution in [0.4, 0.5) is 11.4 Å². The molecule has 2 unspecified atom stereocenters. The van der Waals surface area contributed by atoms with E-state index in [1.54, 1.807) is 6.07 Å². The fraction of sp³-hybridized carbons (Fsp3) is 0.0357. The molecule has 0 spiro atoms. The van der Waals surface area contributed by atoms with Gasteiger partial charge >= 0.3 is 0 Å². The highest BCUT2D eigenvalue weighted by Gasteiger charge is 2.52. The Morgan fingerprint density at radius 3 is 2.03 bits per heavy atom. The molecule has 0 amide bonds. The van der Waals surface area contributed by atoms with Crippen LogP contribution in [0.1, 0.15) is 22.3 Å². The summed E-state index contributed by atoms with van der Waals surface area (Å²) in [6.45, 7) is 0. The van der Waals surface area contributed by atoms with Crippen LogP contribution in [0.5, 0.6) is 0 Å². The lowest BCUT2D eigenvalue weighted by atomic mass is 9.83. The Morgan fingerprint density at radius 1 is 0.688 bits per heavy atom. The summed E-state index contributed by atoms with van der Waals surface area (Å²) in [6, 6.07) is 34.5. The molecule has 0 saturated carbocycles. The Labute approximate surface area is 186 Å². The largest absolute Gasteiger partial charge is 0.626 e. The number of fused-ring (bicyclic) bond motifs is 2. The number of rotatable bonds is 2. The predicted molar refractivity (Wildman–Crippen MR) is 127 cm³/mol. The number of nitrogens with zero attached hydrogens (tertiary/aromatic N) is 1. The molecular formula is C28H20N2O2. The minimum absolute atomic E-state index is 0.307. The summed E-state index contributed by atoms with van der Waals surface area (Å²) in [5.41, 5.74) is 4.89. The van der Waals surface area contributed by atoms with Crippen LogP contribution in [0.2, 0.25) is 0 Å². The van der Waals surface area contributed by atoms with Gasteiger partial charge in [-0.3, -0.25) is 0 Å². The molecule has 4 aromatic rings. The van der Waals surface area contributed by atoms with Crippen molar-refractivity contribution in [1.82, 2.24) is 0 Å². The van der Waals surface area contributed by atoms with Gasteiger partial charge in [0, 0.05) is 33.9 Å². The van der Waals surface area contributed by atoms with Gasteiger partial charge in [-0.1, -0.05) is 78.9 Å². The van der Waals surface area contributed by atoms with Gasteiger partial charge in [0.25, 0.3) is 5.72 Å². The standard InChI is InChI=1S/C28H20N2O2/c31-28(20-13-5-2-6-14-20)26(22-16-8-10-18-24(22)30(28)32)25-21-15-7-9-17-23(21)29-27(25)19-11-3-1-4-12-19/h1-18,30-31H/b26-25+. The molecule has 154 valence electrons. The molecule has 2 heterocycles. The number of hydrogen-bond donors (Lipinski definition) is 2. The summed E-state index contributed by atoms with van der Waals surface area (Å²) < 4.78 is 0. The van der Waals surface area contributed by atoms with Gasteiger partial charge in [-0.2, -0.15) is 0 Å². The smallest absolute Gasteiger partial charge is 0.259 e. The van der Waals surface area contributed by atoms with E-state index in [1.807, 2.05) is 103 Å². The van der Waals surface area contributed by atoms with Gasteiger partial charge in [-0.05, 0) is 24.3 Å². The summed E-state index contributed by atoms with van der Waals surface area (Å²) in [5.74, 6) is 0. The second kappa shape index (κ2) is 7.11. The fourth-order valence-corrected chi connectivity index (χ4v) is 4.82. The van der Waals surface area contributed by atoms with Gasteiger partial charge in [-0.25, -0.2) is 4.99 Å². The number of hydroxylamine groups is 1. The van der Waals surface area contributed by atoms with Crippen molar-refractivity contribution in [3.63, 3.8) is 0 Å². The maximum atomic E-state index is 13.7. The molecule has 4 heteroatoms. The number of quaternary nitrogens is 1. The maximum Gasteiger partial charge on any atom is 0.259 e. The molecule has 0 aliphatic carbocycles. The zero-order valence-corrected chi connectivity index (χ0v) is 17.2. The molecule has 0 saturated heterocycles. The summed E-state index contributed by atoms with van der Waals surface area (Å²) in [5, 5.41) is 25.6. The molecule has 2 aliphatic rings. The second-order valence-corrected chi connectivity index (χ2v) is 8.04. The Balaban J connectivity index is 1.74. The lowest BCUT2D eigenvalue weighted by Gasteiger charge is -2.34. The van der Waals surface area contributed by atoms with Crippen LogP contribution in [0, 0.1) is 5.21 Å². The van der Waals surface area contributed by atoms with E-state index >= 15 is 0 Å². The molecule has 4 nitrogen and oxygen atoms in total. The number of nitrogens with one attached hydrogen (secondary N) is 1. The minimum Gasteiger partial charge on any atom is -0.626 e. The minimum atomic E-state index is -1.80. The number of hydrogen-bond acceptors (Lipinski definition) is 3. The quantitative estimate of drug-likeness (QED) is 0.469. The molecule has 4 aromatic carbocycles. The van der Waals surface area contributed by atoms with Crippen LogP contribution in [-0.4, -0.2) is 10.8 Å². The average Bonchev–Trinajstić information content (AvgIpc) is 3.34. The van der Waals surface area contributed by atoms with Crippen LogP contribution in [0.3, 0.4) is 0 Å². The predicted octanol–water partition coefficient (Wildman–Crippen LogP) is 4.60. The van der Waals surface area contributed by atoms with Gasteiger partial charge < -0.3 is 15.4 Å². The first-order chi connectivity index (χ1) is 15.7. The number of aliphatic imine (C=N–C) groups is 1. The third-order valence-corrected chi connectivity index (χ3v) is 6.26. The highest BCUT2D eigenvalue weighted by molar-refractivity contribution is 6.41. The third-order valence-electron chi connectivity index (χ3n) is 6.26. The van der Waals surface area contributed by atoms with E-state index < -0.39 is 5.72 Å². The molecule has 32 heavy (non-hydrogen) atoms. The van der Waals surface area contributed by atoms with E-state index in [1.165, 1.54) is 0 Å². The van der Waals surface area contributed by atoms with Crippen molar-refractivity contribution in [2.75, 3.05) is 0 Å². The highest BCUT2D eigenvalue weighted by Crippen LogP contribution is 2.49. The number of aliphatic hydroxyl groups is 1. The lowest BCUT2D eigenvalue weighted by molar-refractivity contribution is -0.864. The highest BCUT2D eigenvalue weighted by atomic mass is 16.5. The van der Waals surface area contributed by atoms with Crippen molar-refractivity contribution in [2.24, 2.45) is 4.99 Å². The first-order valence-electron chi connectivity index (χ1n) is 10.6. The lowest BCUT2D eigenvalue weighted by Crippen LogP contribution is -3.08. The Morgan fingerprint density at radius 2 is 1.28 bits per heavy atom. The van der Waals surface area contributed by atoms with E-state index in [2.05, 4.69) is 0 Å². The van der Waals surface area contributed by atoms with Gasteiger partial charge in [0.1, 0.15) is 5.69 Å². The third kappa shape index (κ3) is 2.58. The monoisotopic (exact) mass is 416 g/mol. The van der Waals surface area contributed by atoms with Gasteiger partial charge in [0.05, 0.1) is 17.0 Å². The number of para-hydroxylation sites is 2. The molecule has 0 aromatic heterocycles. The van der Waals surface area contributed by atoms with Gasteiger partial charge in [-0.15, -0.1) is 0 Å². The average molecular weight is 416 g/mol. The topological polar surface area (TPSA) is 60.1 Å². The van der Waals surface area contributed by atoms with Crippen molar-refractivity contribution in [3.05, 3.63) is 137 Å². The first kappa shape index (κ1) is 18.9. The summed E-state index contributed by atoms with van der Waals surface area (Å²) in [7, 11) is 0. The van der Waals surface area contributed by atoms with E-state index in [9.17, 15) is 10.3 Å². The molecule has 6 rings (SSSR count). The van der Waals surface area contributed by atoms with Crippen molar-refractivity contribution in [3.8, 4) is 0 Å². The zero-order chi connectivity index (χ0) is 21.7. The van der Waals surface area contributed by atoms with Gasteiger partial charge in [0.2, 0.25) is 0 Å². The fourth-order valence-electron chi connectivity index (χ4n) is 4.82. The van der Waals surface area contributed by atoms with Crippen LogP contribution in [0.25, 0.3) is 11.1 Å². The van der Waals surface area contributed by atoms with E-state index in [4.69, 9.17) is 4.99 Å². The van der Waals surface area contributed by atoms with Crippen molar-refractivity contribution >= 4 is 28.2 Å². The number of allylic oxidation sites excluding steroid dienone is 1. The maximum absolute atomic E-state index is 13.7. The van der Waals surface area contributed by atoms with Crippen LogP contribution >= 0.6 is 0 Å². The van der Waals surface area contributed by atoms with E-state index in [-0.39, 0.29) is 5.06 Å². The Kier molecular flexibility index (Phi) is 4.20. The second-order valence-electron chi connectivity index (χ2n) is 8.04. The Hall–Kier alpha value is -3.83. The van der Waals surface area contributed by atoms with Crippen LogP contribution in [0.15, 0.2) is 114 Å². The molecule has 0 radical (unpaired) electrons. The van der Waals surface area contributed by atoms with E-state index in [0.29, 0.717) is 16.8 Å². The summed E-state index contributed by atoms with van der Waals surface area (Å²) in [6.07, 6.45) is 0. The molecule has 0 fully saturated rings. The Bertz CT molecular complexity index is 1390. The summed E-state index contributed by atoms with van der Waals surface area (Å²) >= 11 is 0. The van der Waals surface area contributed by atoms with Crippen molar-refractivity contribution in [1.29, 1.82) is 0 Å². The van der Waals surface area contributed by atoms with Crippen molar-refractivity contribution < 1.29 is 10.2 Å². The molecule has 2 N–H and O–H groups in total. The molecular weight excluding hydrogens is 396 g/mol.